The van der Waals surface area contributed by atoms with Crippen LogP contribution in [0.15, 0.2) is 70.2 Å². The number of hydrazone groups is 1. The fraction of sp³-hybridized carbons (Fsp3) is 0.120. The number of amides is 3. The average molecular weight is 611 g/mol. The van der Waals surface area contributed by atoms with Gasteiger partial charge in [-0.1, -0.05) is 6.07 Å². The lowest BCUT2D eigenvalue weighted by atomic mass is 10.2. The number of alkyl halides is 3. The maximum absolute atomic E-state index is 12.9. The molecule has 0 aliphatic rings. The minimum absolute atomic E-state index is 0.0515. The lowest BCUT2D eigenvalue weighted by Crippen LogP contribution is -2.32. The zero-order valence-electron chi connectivity index (χ0n) is 19.9. The predicted octanol–water partition coefficient (Wildman–Crippen LogP) is 4.72. The molecule has 0 unspecified atom stereocenters. The molecule has 0 saturated carbocycles. The van der Waals surface area contributed by atoms with Crippen molar-refractivity contribution in [1.29, 1.82) is 0 Å². The van der Waals surface area contributed by atoms with Gasteiger partial charge in [0, 0.05) is 11.4 Å². The van der Waals surface area contributed by atoms with Gasteiger partial charge in [0.2, 0.25) is 0 Å². The fourth-order valence-corrected chi connectivity index (χ4v) is 3.57. The summed E-state index contributed by atoms with van der Waals surface area (Å²) in [6, 6.07) is 11.9. The normalized spacial score (nSPS) is 11.1. The van der Waals surface area contributed by atoms with Gasteiger partial charge in [-0.2, -0.15) is 18.3 Å². The second-order valence-corrected chi connectivity index (χ2v) is 8.46. The van der Waals surface area contributed by atoms with Crippen molar-refractivity contribution in [3.8, 4) is 11.5 Å². The molecular weight excluding hydrogens is 592 g/mol. The van der Waals surface area contributed by atoms with E-state index in [2.05, 4.69) is 31.7 Å². The third kappa shape index (κ3) is 8.53. The largest absolute Gasteiger partial charge is 0.493 e. The van der Waals surface area contributed by atoms with Crippen molar-refractivity contribution in [2.24, 2.45) is 5.10 Å². The molecule has 9 nitrogen and oxygen atoms in total. The molecular formula is C25H19BrF4N4O5. The van der Waals surface area contributed by atoms with Crippen molar-refractivity contribution < 1.29 is 41.4 Å². The van der Waals surface area contributed by atoms with Gasteiger partial charge in [-0.3, -0.25) is 14.4 Å². The summed E-state index contributed by atoms with van der Waals surface area (Å²) in [5, 5.41) is 8.31. The van der Waals surface area contributed by atoms with Crippen molar-refractivity contribution in [3.63, 3.8) is 0 Å². The summed E-state index contributed by atoms with van der Waals surface area (Å²) in [6.45, 7) is -0.544. The van der Waals surface area contributed by atoms with E-state index in [1.54, 1.807) is 0 Å². The van der Waals surface area contributed by atoms with Crippen molar-refractivity contribution >= 4 is 51.2 Å². The van der Waals surface area contributed by atoms with Crippen molar-refractivity contribution in [3.05, 3.63) is 82.1 Å². The van der Waals surface area contributed by atoms with E-state index in [1.807, 2.05) is 5.43 Å². The lowest BCUT2D eigenvalue weighted by molar-refractivity contribution is -0.137. The van der Waals surface area contributed by atoms with Crippen LogP contribution in [0, 0.1) is 5.82 Å². The van der Waals surface area contributed by atoms with Gasteiger partial charge in [0.1, 0.15) is 5.82 Å². The number of methoxy groups -OCH3 is 1. The van der Waals surface area contributed by atoms with E-state index >= 15 is 0 Å². The smallest absolute Gasteiger partial charge is 0.416 e. The molecule has 3 N–H and O–H groups in total. The first-order valence-corrected chi connectivity index (χ1v) is 11.6. The van der Waals surface area contributed by atoms with Crippen LogP contribution in [-0.4, -0.2) is 37.7 Å². The van der Waals surface area contributed by atoms with Crippen LogP contribution in [0.3, 0.4) is 0 Å². The van der Waals surface area contributed by atoms with Crippen LogP contribution in [0.5, 0.6) is 11.5 Å². The van der Waals surface area contributed by atoms with E-state index in [-0.39, 0.29) is 22.9 Å². The van der Waals surface area contributed by atoms with Crippen molar-refractivity contribution in [2.75, 3.05) is 24.4 Å². The number of hydrogen-bond donors (Lipinski definition) is 3. The number of anilines is 2. The molecule has 0 spiro atoms. The van der Waals surface area contributed by atoms with Gasteiger partial charge in [-0.05, 0) is 76.1 Å². The first-order chi connectivity index (χ1) is 18.5. The Morgan fingerprint density at radius 3 is 2.36 bits per heavy atom. The monoisotopic (exact) mass is 610 g/mol. The number of rotatable bonds is 8. The first-order valence-electron chi connectivity index (χ1n) is 10.8. The second-order valence-electron chi connectivity index (χ2n) is 7.61. The minimum atomic E-state index is -4.56. The van der Waals surface area contributed by atoms with E-state index in [9.17, 15) is 31.9 Å². The Kier molecular flexibility index (Phi) is 9.60. The van der Waals surface area contributed by atoms with Crippen LogP contribution in [0.4, 0.5) is 28.9 Å². The highest BCUT2D eigenvalue weighted by Crippen LogP contribution is 2.36. The molecule has 3 aromatic rings. The highest BCUT2D eigenvalue weighted by atomic mass is 79.9. The minimum Gasteiger partial charge on any atom is -0.493 e. The molecule has 14 heteroatoms. The fourth-order valence-electron chi connectivity index (χ4n) is 3.00. The topological polar surface area (TPSA) is 118 Å². The van der Waals surface area contributed by atoms with Gasteiger partial charge in [-0.25, -0.2) is 9.82 Å². The molecule has 0 aliphatic heterocycles. The third-order valence-electron chi connectivity index (χ3n) is 4.76. The van der Waals surface area contributed by atoms with Gasteiger partial charge < -0.3 is 20.1 Å². The molecule has 0 atom stereocenters. The van der Waals surface area contributed by atoms with Crippen LogP contribution in [0.25, 0.3) is 0 Å². The maximum atomic E-state index is 12.9. The molecule has 0 aliphatic carbocycles. The van der Waals surface area contributed by atoms with Gasteiger partial charge >= 0.3 is 18.0 Å². The zero-order valence-corrected chi connectivity index (χ0v) is 21.5. The van der Waals surface area contributed by atoms with Crippen LogP contribution in [0.2, 0.25) is 0 Å². The molecule has 0 aromatic heterocycles. The van der Waals surface area contributed by atoms with Crippen molar-refractivity contribution in [1.82, 2.24) is 5.43 Å². The molecule has 0 radical (unpaired) electrons. The van der Waals surface area contributed by atoms with Gasteiger partial charge in [0.05, 0.1) is 23.4 Å². The first kappa shape index (κ1) is 29.1. The number of carbonyl (C=O) groups is 3. The number of nitrogens with one attached hydrogen (secondary N) is 3. The number of hydrogen-bond acceptors (Lipinski definition) is 6. The Bertz CT molecular complexity index is 1400. The zero-order chi connectivity index (χ0) is 28.6. The lowest BCUT2D eigenvalue weighted by Gasteiger charge is -2.14. The highest BCUT2D eigenvalue weighted by Gasteiger charge is 2.30. The van der Waals surface area contributed by atoms with Crippen LogP contribution in [-0.2, 0) is 20.6 Å². The molecule has 39 heavy (non-hydrogen) atoms. The van der Waals surface area contributed by atoms with Crippen LogP contribution in [0.1, 0.15) is 11.1 Å². The summed E-state index contributed by atoms with van der Waals surface area (Å²) in [4.78, 5) is 36.1. The number of nitrogens with zero attached hydrogens (tertiary/aromatic N) is 1. The molecule has 0 saturated heterocycles. The number of halogens is 5. The molecule has 0 heterocycles. The molecule has 3 amide bonds. The second kappa shape index (κ2) is 12.9. The van der Waals surface area contributed by atoms with Gasteiger partial charge in [-0.15, -0.1) is 0 Å². The van der Waals surface area contributed by atoms with E-state index in [4.69, 9.17) is 9.47 Å². The number of carbonyl (C=O) groups excluding carboxylic acids is 3. The van der Waals surface area contributed by atoms with E-state index in [1.165, 1.54) is 49.7 Å². The summed E-state index contributed by atoms with van der Waals surface area (Å²) in [6.07, 6.45) is -3.35. The molecule has 0 fully saturated rings. The summed E-state index contributed by atoms with van der Waals surface area (Å²) >= 11 is 3.27. The van der Waals surface area contributed by atoms with Crippen LogP contribution >= 0.6 is 15.9 Å². The highest BCUT2D eigenvalue weighted by molar-refractivity contribution is 9.10. The summed E-state index contributed by atoms with van der Waals surface area (Å²) in [5.74, 6) is -3.03. The van der Waals surface area contributed by atoms with E-state index in [0.29, 0.717) is 10.0 Å². The molecule has 3 rings (SSSR count). The van der Waals surface area contributed by atoms with Gasteiger partial charge in [0.25, 0.3) is 5.91 Å². The quantitative estimate of drug-likeness (QED) is 0.148. The van der Waals surface area contributed by atoms with Crippen molar-refractivity contribution in [2.45, 2.75) is 6.18 Å². The number of ether oxygens (including phenoxy) is 2. The Balaban J connectivity index is 1.58. The Morgan fingerprint density at radius 2 is 1.69 bits per heavy atom. The Labute approximate surface area is 227 Å². The predicted molar refractivity (Wildman–Crippen MR) is 137 cm³/mol. The van der Waals surface area contributed by atoms with Gasteiger partial charge in [0.15, 0.2) is 18.1 Å². The average Bonchev–Trinajstić information content (AvgIpc) is 2.88. The van der Waals surface area contributed by atoms with E-state index in [0.717, 1.165) is 24.3 Å². The maximum Gasteiger partial charge on any atom is 0.416 e. The number of benzene rings is 3. The molecule has 3 aromatic carbocycles. The van der Waals surface area contributed by atoms with E-state index < -0.39 is 41.9 Å². The Hall–Kier alpha value is -4.46. The summed E-state index contributed by atoms with van der Waals surface area (Å²) in [7, 11) is 1.33. The molecule has 0 bridgehead atoms. The third-order valence-corrected chi connectivity index (χ3v) is 5.35. The summed E-state index contributed by atoms with van der Waals surface area (Å²) in [5.41, 5.74) is 1.70. The molecule has 204 valence electrons. The summed E-state index contributed by atoms with van der Waals surface area (Å²) < 4.78 is 62.6. The standard InChI is InChI=1S/C25H19BrF4N4O5/c1-38-20-10-14(12-31-34-24(37)23(36)33-17-7-5-16(27)6-8-17)9-19(26)22(20)39-13-21(35)32-18-4-2-3-15(11-18)25(28,29)30/h2-12H,13H2,1H3,(H,32,35)(H,33,36)(H,34,37)/b31-12-. The Morgan fingerprint density at radius 1 is 0.974 bits per heavy atom. The van der Waals surface area contributed by atoms with Crippen LogP contribution < -0.4 is 25.5 Å². The SMILES string of the molecule is COc1cc(/C=N\NC(=O)C(=O)Nc2ccc(F)cc2)cc(Br)c1OCC(=O)Nc1cccc(C(F)(F)F)c1.